The van der Waals surface area contributed by atoms with Gasteiger partial charge in [-0.2, -0.15) is 0 Å². The molecule has 0 atom stereocenters. The number of hydrogen-bond acceptors (Lipinski definition) is 1. The number of hydrogen-bond donors (Lipinski definition) is 1. The minimum atomic E-state index is -0.176. The van der Waals surface area contributed by atoms with Gasteiger partial charge >= 0.3 is 6.03 Å². The quantitative estimate of drug-likeness (QED) is 0.525. The van der Waals surface area contributed by atoms with Crippen LogP contribution in [0.1, 0.15) is 24.1 Å². The van der Waals surface area contributed by atoms with Gasteiger partial charge in [0.2, 0.25) is 0 Å². The highest BCUT2D eigenvalue weighted by Crippen LogP contribution is 2.33. The first-order valence-electron chi connectivity index (χ1n) is 9.31. The molecule has 28 heavy (non-hydrogen) atoms. The lowest BCUT2D eigenvalue weighted by Crippen LogP contribution is -2.37. The van der Waals surface area contributed by atoms with E-state index in [-0.39, 0.29) is 12.1 Å². The van der Waals surface area contributed by atoms with Crippen molar-refractivity contribution in [3.63, 3.8) is 0 Å². The Morgan fingerprint density at radius 2 is 1.71 bits per heavy atom. The third-order valence-electron chi connectivity index (χ3n) is 4.89. The molecule has 1 N–H and O–H groups in total. The van der Waals surface area contributed by atoms with E-state index < -0.39 is 0 Å². The highest BCUT2D eigenvalue weighted by atomic mass is 35.5. The molecule has 0 unspecified atom stereocenters. The molecule has 0 saturated heterocycles. The van der Waals surface area contributed by atoms with Crippen LogP contribution >= 0.6 is 23.2 Å². The molecule has 2 amide bonds. The Morgan fingerprint density at radius 1 is 1.00 bits per heavy atom. The van der Waals surface area contributed by atoms with Crippen LogP contribution in [0.3, 0.4) is 0 Å². The molecule has 1 aliphatic carbocycles. The average Bonchev–Trinajstić information content (AvgIpc) is 3.44. The predicted octanol–water partition coefficient (Wildman–Crippen LogP) is 6.04. The van der Waals surface area contributed by atoms with Crippen LogP contribution in [0, 0.1) is 0 Å². The Balaban J connectivity index is 1.51. The van der Waals surface area contributed by atoms with Crippen molar-refractivity contribution in [2.75, 3.05) is 5.32 Å². The number of urea groups is 1. The van der Waals surface area contributed by atoms with Gasteiger partial charge in [-0.25, -0.2) is 4.79 Å². The molecule has 2 aromatic carbocycles. The maximum absolute atomic E-state index is 13.0. The summed E-state index contributed by atoms with van der Waals surface area (Å²) in [4.78, 5) is 14.9. The first kappa shape index (κ1) is 18.9. The van der Waals surface area contributed by atoms with Gasteiger partial charge in [0.15, 0.2) is 0 Å². The van der Waals surface area contributed by atoms with Crippen LogP contribution in [-0.4, -0.2) is 21.5 Å². The van der Waals surface area contributed by atoms with E-state index in [9.17, 15) is 4.79 Å². The number of carbonyl (C=O) groups excluding carboxylic acids is 1. The van der Waals surface area contributed by atoms with E-state index in [4.69, 9.17) is 23.2 Å². The summed E-state index contributed by atoms with van der Waals surface area (Å²) in [6.07, 6.45) is 4.09. The van der Waals surface area contributed by atoms with Gasteiger partial charge in [-0.05, 0) is 42.7 Å². The van der Waals surface area contributed by atoms with E-state index >= 15 is 0 Å². The van der Waals surface area contributed by atoms with E-state index in [0.717, 1.165) is 25.1 Å². The summed E-state index contributed by atoms with van der Waals surface area (Å²) in [6.45, 7) is 1.32. The van der Waals surface area contributed by atoms with Gasteiger partial charge in [0.1, 0.15) is 0 Å². The van der Waals surface area contributed by atoms with Crippen molar-refractivity contribution in [2.24, 2.45) is 0 Å². The normalized spacial score (nSPS) is 13.4. The van der Waals surface area contributed by atoms with Crippen LogP contribution in [-0.2, 0) is 13.1 Å². The fourth-order valence-corrected chi connectivity index (χ4v) is 3.74. The third-order valence-corrected chi connectivity index (χ3v) is 5.52. The van der Waals surface area contributed by atoms with Crippen LogP contribution in [0.25, 0.3) is 0 Å². The van der Waals surface area contributed by atoms with Crippen LogP contribution < -0.4 is 5.32 Å². The van der Waals surface area contributed by atoms with Crippen LogP contribution in [0.15, 0.2) is 66.9 Å². The first-order chi connectivity index (χ1) is 13.6. The molecule has 0 radical (unpaired) electrons. The molecule has 144 valence electrons. The zero-order chi connectivity index (χ0) is 19.5. The SMILES string of the molecule is O=C(Nc1c(Cl)cccc1Cl)N(Cc1cccn1Cc1ccccc1)C1CC1. The number of nitrogens with one attached hydrogen (secondary N) is 1. The lowest BCUT2D eigenvalue weighted by atomic mass is 10.2. The maximum Gasteiger partial charge on any atom is 0.322 e. The zero-order valence-electron chi connectivity index (χ0n) is 15.3. The highest BCUT2D eigenvalue weighted by molar-refractivity contribution is 6.39. The largest absolute Gasteiger partial charge is 0.345 e. The van der Waals surface area contributed by atoms with Gasteiger partial charge in [-0.3, -0.25) is 0 Å². The van der Waals surface area contributed by atoms with Gasteiger partial charge in [0.05, 0.1) is 22.3 Å². The second kappa shape index (κ2) is 8.29. The molecule has 0 spiro atoms. The lowest BCUT2D eigenvalue weighted by molar-refractivity contribution is 0.204. The summed E-state index contributed by atoms with van der Waals surface area (Å²) in [6, 6.07) is 19.7. The third kappa shape index (κ3) is 4.34. The van der Waals surface area contributed by atoms with Gasteiger partial charge in [-0.1, -0.05) is 59.6 Å². The first-order valence-corrected chi connectivity index (χ1v) is 10.1. The van der Waals surface area contributed by atoms with Crippen molar-refractivity contribution in [2.45, 2.75) is 32.0 Å². The molecule has 1 heterocycles. The molecule has 1 fully saturated rings. The highest BCUT2D eigenvalue weighted by Gasteiger charge is 2.33. The van der Waals surface area contributed by atoms with E-state index in [0.29, 0.717) is 22.3 Å². The van der Waals surface area contributed by atoms with Crippen molar-refractivity contribution in [3.8, 4) is 0 Å². The molecule has 3 aromatic rings. The number of nitrogens with zero attached hydrogens (tertiary/aromatic N) is 2. The Labute approximate surface area is 174 Å². The Bertz CT molecular complexity index is 947. The molecule has 1 aromatic heterocycles. The van der Waals surface area contributed by atoms with Crippen LogP contribution in [0.2, 0.25) is 10.0 Å². The average molecular weight is 414 g/mol. The zero-order valence-corrected chi connectivity index (χ0v) is 16.8. The molecule has 0 aliphatic heterocycles. The van der Waals surface area contributed by atoms with Gasteiger partial charge in [0, 0.05) is 24.5 Å². The Kier molecular flexibility index (Phi) is 5.60. The van der Waals surface area contributed by atoms with Gasteiger partial charge in [0.25, 0.3) is 0 Å². The van der Waals surface area contributed by atoms with Gasteiger partial charge in [-0.15, -0.1) is 0 Å². The van der Waals surface area contributed by atoms with Gasteiger partial charge < -0.3 is 14.8 Å². The number of halogens is 2. The van der Waals surface area contributed by atoms with Crippen molar-refractivity contribution in [1.82, 2.24) is 9.47 Å². The minimum Gasteiger partial charge on any atom is -0.345 e. The molecule has 0 bridgehead atoms. The number of anilines is 1. The van der Waals surface area contributed by atoms with Crippen molar-refractivity contribution < 1.29 is 4.79 Å². The summed E-state index contributed by atoms with van der Waals surface area (Å²) < 4.78 is 2.18. The van der Waals surface area contributed by atoms with E-state index in [1.54, 1.807) is 18.2 Å². The second-order valence-electron chi connectivity index (χ2n) is 7.00. The second-order valence-corrected chi connectivity index (χ2v) is 7.81. The van der Waals surface area contributed by atoms with E-state index in [2.05, 4.69) is 34.3 Å². The number of carbonyl (C=O) groups is 1. The minimum absolute atomic E-state index is 0.176. The molecule has 6 heteroatoms. The van der Waals surface area contributed by atoms with Crippen LogP contribution in [0.5, 0.6) is 0 Å². The summed E-state index contributed by atoms with van der Waals surface area (Å²) in [5, 5.41) is 3.76. The molecular formula is C22H21Cl2N3O. The predicted molar refractivity (Wildman–Crippen MR) is 114 cm³/mol. The molecule has 1 aliphatic rings. The number of benzene rings is 2. The van der Waals surface area contributed by atoms with Crippen molar-refractivity contribution in [3.05, 3.63) is 88.2 Å². The summed E-state index contributed by atoms with van der Waals surface area (Å²) in [7, 11) is 0. The number of rotatable bonds is 6. The van der Waals surface area contributed by atoms with Crippen molar-refractivity contribution in [1.29, 1.82) is 0 Å². The number of amides is 2. The lowest BCUT2D eigenvalue weighted by Gasteiger charge is -2.24. The van der Waals surface area contributed by atoms with Crippen molar-refractivity contribution >= 4 is 34.9 Å². The standard InChI is InChI=1S/C22H21Cl2N3O/c23-19-9-4-10-20(24)21(19)25-22(28)27(17-11-12-17)15-18-8-5-13-26(18)14-16-6-2-1-3-7-16/h1-10,13,17H,11-12,14-15H2,(H,25,28). The fourth-order valence-electron chi connectivity index (χ4n) is 3.25. The molecule has 4 rings (SSSR count). The Morgan fingerprint density at radius 3 is 2.39 bits per heavy atom. The number of aromatic nitrogens is 1. The summed E-state index contributed by atoms with van der Waals surface area (Å²) in [5.41, 5.74) is 2.78. The Hall–Kier alpha value is -2.43. The topological polar surface area (TPSA) is 37.3 Å². The molecule has 1 saturated carbocycles. The molecular weight excluding hydrogens is 393 g/mol. The molecule has 4 nitrogen and oxygen atoms in total. The van der Waals surface area contributed by atoms with E-state index in [1.165, 1.54) is 5.56 Å². The van der Waals surface area contributed by atoms with E-state index in [1.807, 2.05) is 29.2 Å². The monoisotopic (exact) mass is 413 g/mol. The fraction of sp³-hybridized carbons (Fsp3) is 0.227. The maximum atomic E-state index is 13.0. The summed E-state index contributed by atoms with van der Waals surface area (Å²) >= 11 is 12.4. The summed E-state index contributed by atoms with van der Waals surface area (Å²) in [5.74, 6) is 0. The smallest absolute Gasteiger partial charge is 0.322 e. The van der Waals surface area contributed by atoms with Crippen LogP contribution in [0.4, 0.5) is 10.5 Å². The number of para-hydroxylation sites is 1.